The van der Waals surface area contributed by atoms with Gasteiger partial charge in [-0.3, -0.25) is 4.79 Å². The van der Waals surface area contributed by atoms with Gasteiger partial charge in [0.25, 0.3) is 0 Å². The van der Waals surface area contributed by atoms with Crippen molar-refractivity contribution in [1.82, 2.24) is 5.32 Å². The topological polar surface area (TPSA) is 76.7 Å². The van der Waals surface area contributed by atoms with E-state index in [2.05, 4.69) is 10.6 Å². The zero-order valence-electron chi connectivity index (χ0n) is 12.8. The number of anilines is 1. The van der Waals surface area contributed by atoms with E-state index in [1.54, 1.807) is 31.2 Å². The fraction of sp³-hybridized carbons (Fsp3) is 0.500. The average molecular weight is 306 g/mol. The van der Waals surface area contributed by atoms with Gasteiger partial charge >= 0.3 is 5.97 Å². The first-order valence-corrected chi connectivity index (χ1v) is 7.59. The van der Waals surface area contributed by atoms with E-state index in [9.17, 15) is 9.59 Å². The maximum absolute atomic E-state index is 11.8. The number of carbonyl (C=O) groups excluding carboxylic acids is 2. The van der Waals surface area contributed by atoms with Crippen LogP contribution in [0.25, 0.3) is 0 Å². The van der Waals surface area contributed by atoms with Gasteiger partial charge in [-0.25, -0.2) is 4.79 Å². The lowest BCUT2D eigenvalue weighted by Crippen LogP contribution is -2.35. The minimum Gasteiger partial charge on any atom is -0.462 e. The summed E-state index contributed by atoms with van der Waals surface area (Å²) in [7, 11) is 0. The maximum Gasteiger partial charge on any atom is 0.340 e. The van der Waals surface area contributed by atoms with Gasteiger partial charge in [-0.15, -0.1) is 0 Å². The van der Waals surface area contributed by atoms with Crippen molar-refractivity contribution < 1.29 is 19.1 Å². The van der Waals surface area contributed by atoms with E-state index in [0.717, 1.165) is 19.4 Å². The Morgan fingerprint density at radius 2 is 2.18 bits per heavy atom. The second-order valence-corrected chi connectivity index (χ2v) is 5.06. The molecule has 0 aliphatic carbocycles. The molecule has 1 saturated heterocycles. The minimum atomic E-state index is -0.398. The normalized spacial score (nSPS) is 17.0. The Bertz CT molecular complexity index is 513. The van der Waals surface area contributed by atoms with Crippen LogP contribution in [0.4, 0.5) is 5.69 Å². The number of amides is 1. The molecule has 1 amide bonds. The van der Waals surface area contributed by atoms with Crippen LogP contribution < -0.4 is 10.6 Å². The summed E-state index contributed by atoms with van der Waals surface area (Å²) in [5.41, 5.74) is 1.02. The number of esters is 1. The third-order valence-corrected chi connectivity index (χ3v) is 3.41. The van der Waals surface area contributed by atoms with Gasteiger partial charge in [-0.2, -0.15) is 0 Å². The first-order valence-electron chi connectivity index (χ1n) is 7.59. The van der Waals surface area contributed by atoms with Crippen molar-refractivity contribution >= 4 is 17.6 Å². The summed E-state index contributed by atoms with van der Waals surface area (Å²) in [5, 5.41) is 5.80. The first-order chi connectivity index (χ1) is 10.7. The molecule has 0 radical (unpaired) electrons. The largest absolute Gasteiger partial charge is 0.462 e. The zero-order chi connectivity index (χ0) is 15.8. The van der Waals surface area contributed by atoms with Gasteiger partial charge < -0.3 is 20.1 Å². The third-order valence-electron chi connectivity index (χ3n) is 3.41. The number of rotatable bonds is 7. The number of ether oxygens (including phenoxy) is 2. The van der Waals surface area contributed by atoms with E-state index in [1.807, 2.05) is 0 Å². The van der Waals surface area contributed by atoms with Crippen LogP contribution in [0.2, 0.25) is 0 Å². The number of hydrogen-bond acceptors (Lipinski definition) is 5. The predicted molar refractivity (Wildman–Crippen MR) is 82.9 cm³/mol. The van der Waals surface area contributed by atoms with Crippen LogP contribution in [0.15, 0.2) is 24.3 Å². The van der Waals surface area contributed by atoms with Crippen molar-refractivity contribution in [1.29, 1.82) is 0 Å². The molecule has 1 aromatic rings. The lowest BCUT2D eigenvalue weighted by molar-refractivity contribution is -0.119. The lowest BCUT2D eigenvalue weighted by atomic mass is 10.2. The lowest BCUT2D eigenvalue weighted by Gasteiger charge is -2.13. The van der Waals surface area contributed by atoms with Crippen LogP contribution in [0.3, 0.4) is 0 Å². The highest BCUT2D eigenvalue weighted by Crippen LogP contribution is 2.16. The fourth-order valence-electron chi connectivity index (χ4n) is 2.30. The second kappa shape index (κ2) is 8.38. The summed E-state index contributed by atoms with van der Waals surface area (Å²) in [6, 6.07) is 6.98. The molecule has 2 rings (SSSR count). The summed E-state index contributed by atoms with van der Waals surface area (Å²) in [4.78, 5) is 23.7. The van der Waals surface area contributed by atoms with Crippen molar-refractivity contribution in [2.24, 2.45) is 0 Å². The highest BCUT2D eigenvalue weighted by molar-refractivity contribution is 5.96. The molecule has 120 valence electrons. The molecular weight excluding hydrogens is 284 g/mol. The molecule has 0 bridgehead atoms. The van der Waals surface area contributed by atoms with Crippen molar-refractivity contribution in [3.05, 3.63) is 29.8 Å². The Morgan fingerprint density at radius 1 is 1.36 bits per heavy atom. The first kappa shape index (κ1) is 16.3. The summed E-state index contributed by atoms with van der Waals surface area (Å²) >= 11 is 0. The molecule has 22 heavy (non-hydrogen) atoms. The molecule has 1 fully saturated rings. The summed E-state index contributed by atoms with van der Waals surface area (Å²) < 4.78 is 10.4. The monoisotopic (exact) mass is 306 g/mol. The number of hydrogen-bond donors (Lipinski definition) is 2. The van der Waals surface area contributed by atoms with E-state index < -0.39 is 5.97 Å². The molecular formula is C16H22N2O4. The Labute approximate surface area is 130 Å². The molecule has 0 saturated carbocycles. The van der Waals surface area contributed by atoms with E-state index >= 15 is 0 Å². The molecule has 6 nitrogen and oxygen atoms in total. The van der Waals surface area contributed by atoms with Crippen LogP contribution >= 0.6 is 0 Å². The van der Waals surface area contributed by atoms with Crippen LogP contribution in [-0.2, 0) is 14.3 Å². The second-order valence-electron chi connectivity index (χ2n) is 5.06. The van der Waals surface area contributed by atoms with Gasteiger partial charge in [0.15, 0.2) is 0 Å². The molecule has 1 aromatic carbocycles. The van der Waals surface area contributed by atoms with Crippen molar-refractivity contribution in [3.8, 4) is 0 Å². The average Bonchev–Trinajstić information content (AvgIpc) is 3.05. The van der Waals surface area contributed by atoms with Crippen molar-refractivity contribution in [2.45, 2.75) is 25.9 Å². The summed E-state index contributed by atoms with van der Waals surface area (Å²) in [5.74, 6) is -0.528. The van der Waals surface area contributed by atoms with Crippen molar-refractivity contribution in [2.75, 3.05) is 31.6 Å². The highest BCUT2D eigenvalue weighted by atomic mass is 16.5. The van der Waals surface area contributed by atoms with Gasteiger partial charge in [0, 0.05) is 18.8 Å². The number of nitrogens with one attached hydrogen (secondary N) is 2. The van der Waals surface area contributed by atoms with E-state index in [4.69, 9.17) is 9.47 Å². The van der Waals surface area contributed by atoms with Gasteiger partial charge in [0.1, 0.15) is 0 Å². The summed E-state index contributed by atoms with van der Waals surface area (Å²) in [6.45, 7) is 3.47. The smallest absolute Gasteiger partial charge is 0.340 e. The standard InChI is InChI=1S/C16H22N2O4/c1-2-21-16(20)13-7-3-4-8-14(13)17-11-15(19)18-10-12-6-5-9-22-12/h3-4,7-8,12,17H,2,5-6,9-11H2,1H3,(H,18,19). The van der Waals surface area contributed by atoms with Gasteiger partial charge in [0.2, 0.25) is 5.91 Å². The van der Waals surface area contributed by atoms with E-state index in [1.165, 1.54) is 0 Å². The molecule has 1 heterocycles. The zero-order valence-corrected chi connectivity index (χ0v) is 12.8. The fourth-order valence-corrected chi connectivity index (χ4v) is 2.30. The van der Waals surface area contributed by atoms with Crippen LogP contribution in [0, 0.1) is 0 Å². The molecule has 1 atom stereocenters. The molecule has 0 aromatic heterocycles. The quantitative estimate of drug-likeness (QED) is 0.748. The predicted octanol–water partition coefficient (Wildman–Crippen LogP) is 1.57. The van der Waals surface area contributed by atoms with Crippen LogP contribution in [0.5, 0.6) is 0 Å². The van der Waals surface area contributed by atoms with E-state index in [-0.39, 0.29) is 18.6 Å². The molecule has 1 aliphatic rings. The molecule has 0 spiro atoms. The number of benzene rings is 1. The van der Waals surface area contributed by atoms with Gasteiger partial charge in [0.05, 0.1) is 24.8 Å². The number of para-hydroxylation sites is 1. The maximum atomic E-state index is 11.8. The summed E-state index contributed by atoms with van der Waals surface area (Å²) in [6.07, 6.45) is 2.15. The van der Waals surface area contributed by atoms with Gasteiger partial charge in [-0.05, 0) is 31.9 Å². The van der Waals surface area contributed by atoms with Crippen LogP contribution in [-0.4, -0.2) is 44.3 Å². The minimum absolute atomic E-state index is 0.100. The molecule has 1 aliphatic heterocycles. The Morgan fingerprint density at radius 3 is 2.91 bits per heavy atom. The van der Waals surface area contributed by atoms with Gasteiger partial charge in [-0.1, -0.05) is 12.1 Å². The molecule has 2 N–H and O–H groups in total. The van der Waals surface area contributed by atoms with Crippen molar-refractivity contribution in [3.63, 3.8) is 0 Å². The Hall–Kier alpha value is -2.08. The highest BCUT2D eigenvalue weighted by Gasteiger charge is 2.16. The third kappa shape index (κ3) is 4.73. The number of carbonyl (C=O) groups is 2. The Kier molecular flexibility index (Phi) is 6.21. The molecule has 6 heteroatoms. The van der Waals surface area contributed by atoms with Crippen LogP contribution in [0.1, 0.15) is 30.1 Å². The van der Waals surface area contributed by atoms with E-state index in [0.29, 0.717) is 24.4 Å². The SMILES string of the molecule is CCOC(=O)c1ccccc1NCC(=O)NCC1CCCO1. The Balaban J connectivity index is 1.82. The molecule has 1 unspecified atom stereocenters.